The summed E-state index contributed by atoms with van der Waals surface area (Å²) in [6, 6.07) is 32.2. The topological polar surface area (TPSA) is 59.0 Å². The van der Waals surface area contributed by atoms with Gasteiger partial charge < -0.3 is 10.6 Å². The predicted octanol–water partition coefficient (Wildman–Crippen LogP) is 7.07. The van der Waals surface area contributed by atoms with Crippen LogP contribution in [0.1, 0.15) is 22.5 Å². The van der Waals surface area contributed by atoms with E-state index in [4.69, 9.17) is 4.98 Å². The molecule has 1 aromatic heterocycles. The standard InChI is InChI=1S/C30H28N4O/c1-21-12-16-25(20-22(21)2)32-30(35)31-24-17-13-23(14-18-24)15-19-29-33-27-10-6-7-11-28(27)34(29)26-8-4-3-5-9-26/h3-14,16-18,20H,15,19H2,1-2H3,(H2,31,32,35). The van der Waals surface area contributed by atoms with Gasteiger partial charge in [0.2, 0.25) is 0 Å². The van der Waals surface area contributed by atoms with E-state index < -0.39 is 0 Å². The number of aryl methyl sites for hydroxylation is 4. The number of rotatable bonds is 6. The first kappa shape index (κ1) is 22.4. The van der Waals surface area contributed by atoms with Gasteiger partial charge in [-0.15, -0.1) is 0 Å². The summed E-state index contributed by atoms with van der Waals surface area (Å²) >= 11 is 0. The fourth-order valence-electron chi connectivity index (χ4n) is 4.23. The van der Waals surface area contributed by atoms with Crippen molar-refractivity contribution in [3.63, 3.8) is 0 Å². The number of anilines is 2. The van der Waals surface area contributed by atoms with Crippen molar-refractivity contribution in [1.29, 1.82) is 0 Å². The number of benzene rings is 4. The van der Waals surface area contributed by atoms with Gasteiger partial charge in [-0.25, -0.2) is 9.78 Å². The summed E-state index contributed by atoms with van der Waals surface area (Å²) in [5, 5.41) is 5.80. The first-order valence-electron chi connectivity index (χ1n) is 11.8. The number of imidazole rings is 1. The number of carbonyl (C=O) groups is 1. The molecule has 5 heteroatoms. The van der Waals surface area contributed by atoms with Crippen LogP contribution in [0.15, 0.2) is 97.1 Å². The van der Waals surface area contributed by atoms with Gasteiger partial charge in [0, 0.05) is 23.5 Å². The molecular weight excluding hydrogens is 432 g/mol. The number of nitrogens with one attached hydrogen (secondary N) is 2. The molecule has 0 spiro atoms. The summed E-state index contributed by atoms with van der Waals surface area (Å²) in [6.07, 6.45) is 1.66. The molecule has 1 heterocycles. The van der Waals surface area contributed by atoms with Gasteiger partial charge >= 0.3 is 6.03 Å². The highest BCUT2D eigenvalue weighted by atomic mass is 16.2. The van der Waals surface area contributed by atoms with Crippen molar-refractivity contribution in [3.05, 3.63) is 120 Å². The minimum absolute atomic E-state index is 0.252. The largest absolute Gasteiger partial charge is 0.323 e. The molecule has 2 amide bonds. The van der Waals surface area contributed by atoms with Crippen LogP contribution >= 0.6 is 0 Å². The SMILES string of the molecule is Cc1ccc(NC(=O)Nc2ccc(CCc3nc4ccccc4n3-c3ccccc3)cc2)cc1C. The molecule has 0 aliphatic rings. The Morgan fingerprint density at radius 3 is 2.20 bits per heavy atom. The molecule has 5 aromatic rings. The van der Waals surface area contributed by atoms with Crippen LogP contribution < -0.4 is 10.6 Å². The quantitative estimate of drug-likeness (QED) is 0.285. The Morgan fingerprint density at radius 1 is 0.743 bits per heavy atom. The molecule has 4 aromatic carbocycles. The Bertz CT molecular complexity index is 1470. The average molecular weight is 461 g/mol. The molecule has 0 radical (unpaired) electrons. The van der Waals surface area contributed by atoms with Crippen LogP contribution in [-0.4, -0.2) is 15.6 Å². The Hall–Kier alpha value is -4.38. The first-order chi connectivity index (χ1) is 17.1. The molecule has 0 bridgehead atoms. The van der Waals surface area contributed by atoms with Gasteiger partial charge in [-0.2, -0.15) is 0 Å². The fraction of sp³-hybridized carbons (Fsp3) is 0.133. The van der Waals surface area contributed by atoms with Crippen LogP contribution in [-0.2, 0) is 12.8 Å². The van der Waals surface area contributed by atoms with Crippen LogP contribution in [0.25, 0.3) is 16.7 Å². The molecule has 5 nitrogen and oxygen atoms in total. The second-order valence-electron chi connectivity index (χ2n) is 8.76. The number of carbonyl (C=O) groups excluding carboxylic acids is 1. The highest BCUT2D eigenvalue weighted by molar-refractivity contribution is 5.99. The number of para-hydroxylation sites is 3. The van der Waals surface area contributed by atoms with E-state index in [1.54, 1.807) is 0 Å². The molecule has 5 rings (SSSR count). The third kappa shape index (κ3) is 5.09. The van der Waals surface area contributed by atoms with Crippen molar-refractivity contribution < 1.29 is 4.79 Å². The van der Waals surface area contributed by atoms with E-state index in [0.717, 1.165) is 52.3 Å². The van der Waals surface area contributed by atoms with Crippen molar-refractivity contribution >= 4 is 28.4 Å². The van der Waals surface area contributed by atoms with E-state index in [2.05, 4.69) is 76.7 Å². The van der Waals surface area contributed by atoms with Crippen molar-refractivity contribution in [3.8, 4) is 5.69 Å². The van der Waals surface area contributed by atoms with Gasteiger partial charge in [0.25, 0.3) is 0 Å². The van der Waals surface area contributed by atoms with E-state index in [1.165, 1.54) is 11.1 Å². The second-order valence-corrected chi connectivity index (χ2v) is 8.76. The molecule has 0 saturated heterocycles. The number of urea groups is 1. The van der Waals surface area contributed by atoms with Gasteiger partial charge in [0.1, 0.15) is 5.82 Å². The second kappa shape index (κ2) is 9.85. The molecule has 0 atom stereocenters. The van der Waals surface area contributed by atoms with Gasteiger partial charge in [-0.05, 0) is 85.5 Å². The van der Waals surface area contributed by atoms with Crippen LogP contribution in [0.4, 0.5) is 16.2 Å². The zero-order valence-electron chi connectivity index (χ0n) is 20.0. The van der Waals surface area contributed by atoms with Gasteiger partial charge in [-0.3, -0.25) is 4.57 Å². The first-order valence-corrected chi connectivity index (χ1v) is 11.8. The van der Waals surface area contributed by atoms with Crippen molar-refractivity contribution in [1.82, 2.24) is 9.55 Å². The van der Waals surface area contributed by atoms with Crippen LogP contribution in [0.5, 0.6) is 0 Å². The van der Waals surface area contributed by atoms with Gasteiger partial charge in [-0.1, -0.05) is 48.5 Å². The maximum absolute atomic E-state index is 12.4. The molecule has 0 aliphatic carbocycles. The Kier molecular flexibility index (Phi) is 6.31. The van der Waals surface area contributed by atoms with Gasteiger partial charge in [0.15, 0.2) is 0 Å². The number of amides is 2. The molecule has 35 heavy (non-hydrogen) atoms. The molecule has 2 N–H and O–H groups in total. The van der Waals surface area contributed by atoms with E-state index in [-0.39, 0.29) is 6.03 Å². The minimum Gasteiger partial charge on any atom is -0.308 e. The van der Waals surface area contributed by atoms with Crippen molar-refractivity contribution in [2.45, 2.75) is 26.7 Å². The van der Waals surface area contributed by atoms with Crippen LogP contribution in [0.2, 0.25) is 0 Å². The number of nitrogens with zero attached hydrogens (tertiary/aromatic N) is 2. The summed E-state index contributed by atoms with van der Waals surface area (Å²) in [5.41, 5.74) is 8.31. The lowest BCUT2D eigenvalue weighted by Gasteiger charge is -2.11. The van der Waals surface area contributed by atoms with Crippen LogP contribution in [0, 0.1) is 13.8 Å². The monoisotopic (exact) mass is 460 g/mol. The normalized spacial score (nSPS) is 10.9. The molecule has 174 valence electrons. The summed E-state index contributed by atoms with van der Waals surface area (Å²) in [6.45, 7) is 4.09. The lowest BCUT2D eigenvalue weighted by atomic mass is 10.1. The maximum Gasteiger partial charge on any atom is 0.323 e. The Morgan fingerprint density at radius 2 is 1.43 bits per heavy atom. The molecule has 0 saturated carbocycles. The summed E-state index contributed by atoms with van der Waals surface area (Å²) in [5.74, 6) is 1.03. The number of aromatic nitrogens is 2. The zero-order valence-corrected chi connectivity index (χ0v) is 20.0. The molecule has 0 fully saturated rings. The molecular formula is C30H28N4O. The predicted molar refractivity (Wildman–Crippen MR) is 143 cm³/mol. The number of hydrogen-bond donors (Lipinski definition) is 2. The van der Waals surface area contributed by atoms with Crippen LogP contribution in [0.3, 0.4) is 0 Å². The fourth-order valence-corrected chi connectivity index (χ4v) is 4.23. The minimum atomic E-state index is -0.252. The van der Waals surface area contributed by atoms with Gasteiger partial charge in [0.05, 0.1) is 11.0 Å². The maximum atomic E-state index is 12.4. The number of fused-ring (bicyclic) bond motifs is 1. The van der Waals surface area contributed by atoms with Crippen molar-refractivity contribution in [2.75, 3.05) is 10.6 Å². The molecule has 0 aliphatic heterocycles. The van der Waals surface area contributed by atoms with E-state index in [9.17, 15) is 4.79 Å². The van der Waals surface area contributed by atoms with Crippen molar-refractivity contribution in [2.24, 2.45) is 0 Å². The summed E-state index contributed by atoms with van der Waals surface area (Å²) < 4.78 is 2.24. The van der Waals surface area contributed by atoms with E-state index in [1.807, 2.05) is 49.4 Å². The average Bonchev–Trinajstić information content (AvgIpc) is 3.25. The smallest absolute Gasteiger partial charge is 0.308 e. The third-order valence-corrected chi connectivity index (χ3v) is 6.26. The highest BCUT2D eigenvalue weighted by Crippen LogP contribution is 2.23. The Balaban J connectivity index is 1.26. The lowest BCUT2D eigenvalue weighted by Crippen LogP contribution is -2.19. The zero-order chi connectivity index (χ0) is 24.2. The third-order valence-electron chi connectivity index (χ3n) is 6.26. The summed E-state index contributed by atoms with van der Waals surface area (Å²) in [7, 11) is 0. The summed E-state index contributed by atoms with van der Waals surface area (Å²) in [4.78, 5) is 17.3. The lowest BCUT2D eigenvalue weighted by molar-refractivity contribution is 0.262. The van der Waals surface area contributed by atoms with E-state index in [0.29, 0.717) is 0 Å². The highest BCUT2D eigenvalue weighted by Gasteiger charge is 2.12. The molecule has 0 unspecified atom stereocenters. The van der Waals surface area contributed by atoms with E-state index >= 15 is 0 Å². The number of hydrogen-bond acceptors (Lipinski definition) is 2. The Labute approximate surface area is 205 Å².